The third-order valence-corrected chi connectivity index (χ3v) is 3.50. The van der Waals surface area contributed by atoms with Gasteiger partial charge in [0.05, 0.1) is 12.0 Å². The Kier molecular flexibility index (Phi) is 5.08. The number of pyridine rings is 1. The fourth-order valence-electron chi connectivity index (χ4n) is 2.32. The number of aliphatic imine (C=N–C) groups is 1. The lowest BCUT2D eigenvalue weighted by Gasteiger charge is -2.23. The number of carbonyl (C=O) groups excluding carboxylic acids is 2. The van der Waals surface area contributed by atoms with Gasteiger partial charge in [-0.3, -0.25) is 9.59 Å². The predicted molar refractivity (Wildman–Crippen MR) is 103 cm³/mol. The Morgan fingerprint density at radius 1 is 1.18 bits per heavy atom. The molecule has 2 amide bonds. The van der Waals surface area contributed by atoms with Crippen molar-refractivity contribution in [3.63, 3.8) is 0 Å². The van der Waals surface area contributed by atoms with Crippen molar-refractivity contribution < 1.29 is 14.3 Å². The number of H-pyrrole nitrogens is 2. The first-order chi connectivity index (χ1) is 13.2. The van der Waals surface area contributed by atoms with Gasteiger partial charge in [-0.2, -0.15) is 4.90 Å². The van der Waals surface area contributed by atoms with E-state index in [1.165, 1.54) is 30.7 Å². The van der Waals surface area contributed by atoms with E-state index >= 15 is 0 Å². The van der Waals surface area contributed by atoms with Gasteiger partial charge in [-0.25, -0.2) is 14.8 Å². The number of ether oxygens (including phenoxy) is 1. The summed E-state index contributed by atoms with van der Waals surface area (Å²) in [6, 6.07) is 2.97. The van der Waals surface area contributed by atoms with Crippen molar-refractivity contribution in [3.05, 3.63) is 64.2 Å². The lowest BCUT2D eigenvalue weighted by Crippen LogP contribution is -2.41. The largest absolute Gasteiger partial charge is 0.443 e. The van der Waals surface area contributed by atoms with Crippen molar-refractivity contribution in [1.82, 2.24) is 19.9 Å². The van der Waals surface area contributed by atoms with E-state index in [1.807, 2.05) is 0 Å². The summed E-state index contributed by atoms with van der Waals surface area (Å²) in [5.41, 5.74) is 0.217. The molecule has 1 aliphatic heterocycles. The molecular formula is C19H19N5O4. The highest BCUT2D eigenvalue weighted by molar-refractivity contribution is 6.25. The molecule has 2 aromatic heterocycles. The van der Waals surface area contributed by atoms with Crippen LogP contribution >= 0.6 is 0 Å². The number of amidine groups is 1. The molecule has 28 heavy (non-hydrogen) atoms. The molecule has 3 rings (SSSR count). The number of rotatable bonds is 3. The molecule has 0 radical (unpaired) electrons. The summed E-state index contributed by atoms with van der Waals surface area (Å²) >= 11 is 0. The number of aromatic amines is 2. The molecule has 0 fully saturated rings. The van der Waals surface area contributed by atoms with Crippen molar-refractivity contribution in [1.29, 1.82) is 0 Å². The van der Waals surface area contributed by atoms with E-state index in [1.54, 1.807) is 39.1 Å². The molecule has 0 aromatic carbocycles. The van der Waals surface area contributed by atoms with Crippen LogP contribution in [0.2, 0.25) is 0 Å². The van der Waals surface area contributed by atoms with E-state index in [2.05, 4.69) is 19.9 Å². The minimum atomic E-state index is -0.826. The first-order valence-electron chi connectivity index (χ1n) is 8.46. The average Bonchev–Trinajstić information content (AvgIpc) is 3.22. The third-order valence-electron chi connectivity index (χ3n) is 3.50. The van der Waals surface area contributed by atoms with Crippen LogP contribution in [-0.4, -0.2) is 43.3 Å². The number of nitrogens with one attached hydrogen (secondary N) is 2. The van der Waals surface area contributed by atoms with Crippen molar-refractivity contribution >= 4 is 30.0 Å². The number of imide groups is 1. The van der Waals surface area contributed by atoms with Gasteiger partial charge in [0.1, 0.15) is 17.1 Å². The lowest BCUT2D eigenvalue weighted by molar-refractivity contribution is -0.122. The Labute approximate surface area is 160 Å². The van der Waals surface area contributed by atoms with Gasteiger partial charge >= 0.3 is 6.09 Å². The topological polar surface area (TPSA) is 121 Å². The van der Waals surface area contributed by atoms with Crippen LogP contribution in [0.15, 0.2) is 52.4 Å². The summed E-state index contributed by atoms with van der Waals surface area (Å²) < 4.78 is 5.33. The van der Waals surface area contributed by atoms with E-state index in [4.69, 9.17) is 4.74 Å². The molecule has 0 spiro atoms. The Morgan fingerprint density at radius 2 is 1.96 bits per heavy atom. The highest BCUT2D eigenvalue weighted by atomic mass is 16.6. The number of nitrogens with zero attached hydrogens (tertiary/aromatic N) is 3. The summed E-state index contributed by atoms with van der Waals surface area (Å²) in [5, 5.41) is 0. The van der Waals surface area contributed by atoms with Crippen molar-refractivity contribution in [2.75, 3.05) is 0 Å². The molecule has 3 heterocycles. The number of amides is 2. The molecule has 9 heteroatoms. The molecule has 2 aromatic rings. The van der Waals surface area contributed by atoms with Crippen molar-refractivity contribution in [2.45, 2.75) is 26.4 Å². The maximum Gasteiger partial charge on any atom is 0.423 e. The number of hydrogen-bond acceptors (Lipinski definition) is 6. The van der Waals surface area contributed by atoms with E-state index in [0.717, 1.165) is 4.90 Å². The first-order valence-corrected chi connectivity index (χ1v) is 8.46. The van der Waals surface area contributed by atoms with Crippen LogP contribution < -0.4 is 5.56 Å². The van der Waals surface area contributed by atoms with Gasteiger partial charge in [-0.1, -0.05) is 0 Å². The summed E-state index contributed by atoms with van der Waals surface area (Å²) in [5.74, 6) is -0.509. The first kappa shape index (κ1) is 19.0. The minimum Gasteiger partial charge on any atom is -0.443 e. The van der Waals surface area contributed by atoms with Gasteiger partial charge in [0.2, 0.25) is 5.56 Å². The van der Waals surface area contributed by atoms with Crippen LogP contribution in [0.5, 0.6) is 0 Å². The molecule has 0 bridgehead atoms. The Hall–Kier alpha value is -3.75. The molecular weight excluding hydrogens is 362 g/mol. The van der Waals surface area contributed by atoms with Crippen molar-refractivity contribution in [3.8, 4) is 0 Å². The second kappa shape index (κ2) is 7.47. The summed E-state index contributed by atoms with van der Waals surface area (Å²) in [7, 11) is 0. The zero-order valence-electron chi connectivity index (χ0n) is 15.6. The Balaban J connectivity index is 1.94. The van der Waals surface area contributed by atoms with Crippen LogP contribution in [0.3, 0.4) is 0 Å². The van der Waals surface area contributed by atoms with E-state index in [-0.39, 0.29) is 17.1 Å². The number of imidazole rings is 1. The highest BCUT2D eigenvalue weighted by Crippen LogP contribution is 2.21. The van der Waals surface area contributed by atoms with E-state index in [9.17, 15) is 14.4 Å². The molecule has 0 aliphatic carbocycles. The maximum atomic E-state index is 12.7. The fraction of sp³-hybridized carbons (Fsp3) is 0.211. The average molecular weight is 381 g/mol. The summed E-state index contributed by atoms with van der Waals surface area (Å²) in [6.07, 6.45) is 8.34. The summed E-state index contributed by atoms with van der Waals surface area (Å²) in [6.45, 7) is 5.12. The van der Waals surface area contributed by atoms with Gasteiger partial charge in [0, 0.05) is 18.5 Å². The monoisotopic (exact) mass is 381 g/mol. The molecule has 0 saturated heterocycles. The molecule has 0 saturated carbocycles. The fourth-order valence-corrected chi connectivity index (χ4v) is 2.32. The number of hydrogen-bond donors (Lipinski definition) is 2. The second-order valence-corrected chi connectivity index (χ2v) is 6.93. The Morgan fingerprint density at radius 3 is 2.57 bits per heavy atom. The van der Waals surface area contributed by atoms with Gasteiger partial charge in [-0.05, 0) is 50.6 Å². The van der Waals surface area contributed by atoms with E-state index < -0.39 is 17.6 Å². The normalized spacial score (nSPS) is 16.1. The molecule has 9 nitrogen and oxygen atoms in total. The molecule has 0 atom stereocenters. The third kappa shape index (κ3) is 4.50. The van der Waals surface area contributed by atoms with Gasteiger partial charge in [-0.15, -0.1) is 0 Å². The maximum absolute atomic E-state index is 12.7. The summed E-state index contributed by atoms with van der Waals surface area (Å²) in [4.78, 5) is 50.9. The van der Waals surface area contributed by atoms with Crippen LogP contribution in [0.25, 0.3) is 12.2 Å². The second-order valence-electron chi connectivity index (χ2n) is 6.93. The van der Waals surface area contributed by atoms with Crippen LogP contribution in [0, 0.1) is 0 Å². The molecule has 0 unspecified atom stereocenters. The molecule has 2 N–H and O–H groups in total. The molecule has 144 valence electrons. The van der Waals surface area contributed by atoms with Crippen molar-refractivity contribution in [2.24, 2.45) is 4.99 Å². The number of carbonyl (C=O) groups is 2. The Bertz CT molecular complexity index is 1020. The zero-order chi connectivity index (χ0) is 20.3. The smallest absolute Gasteiger partial charge is 0.423 e. The van der Waals surface area contributed by atoms with Gasteiger partial charge < -0.3 is 14.7 Å². The van der Waals surface area contributed by atoms with E-state index in [0.29, 0.717) is 11.3 Å². The SMILES string of the molecule is CC(C)(C)OC(=O)N1C(=O)/C(=C/c2c[nH]cn2)N=C1/C=C/c1ccc(=O)[nH]c1. The highest BCUT2D eigenvalue weighted by Gasteiger charge is 2.37. The van der Waals surface area contributed by atoms with Crippen LogP contribution in [0.1, 0.15) is 32.0 Å². The predicted octanol–water partition coefficient (Wildman–Crippen LogP) is 2.33. The quantitative estimate of drug-likeness (QED) is 0.791. The standard InChI is InChI=1S/C19H19N5O4/c1-19(2,3)28-18(27)24-15(6-4-12-5-7-16(25)21-9-12)23-14(17(24)26)8-13-10-20-11-22-13/h4-11H,1-3H3,(H,20,22)(H,21,25)/b6-4+,14-8-. The minimum absolute atomic E-state index is 0.0547. The van der Waals surface area contributed by atoms with Crippen LogP contribution in [0.4, 0.5) is 4.79 Å². The lowest BCUT2D eigenvalue weighted by atomic mass is 10.2. The zero-order valence-corrected chi connectivity index (χ0v) is 15.6. The van der Waals surface area contributed by atoms with Gasteiger partial charge in [0.25, 0.3) is 5.91 Å². The molecule has 1 aliphatic rings. The van der Waals surface area contributed by atoms with Crippen LogP contribution in [-0.2, 0) is 9.53 Å². The van der Waals surface area contributed by atoms with Gasteiger partial charge in [0.15, 0.2) is 0 Å². The number of aromatic nitrogens is 3.